The lowest BCUT2D eigenvalue weighted by Gasteiger charge is -2.30. The number of nitrogens with zero attached hydrogens (tertiary/aromatic N) is 2. The zero-order chi connectivity index (χ0) is 32.4. The van der Waals surface area contributed by atoms with Crippen LogP contribution in [0.2, 0.25) is 0 Å². The van der Waals surface area contributed by atoms with E-state index < -0.39 is 34.0 Å². The highest BCUT2D eigenvalue weighted by molar-refractivity contribution is 7.92. The smallest absolute Gasteiger partial charge is 0.251 e. The Morgan fingerprint density at radius 3 is 2.46 bits per heavy atom. The molecular weight excluding hydrogens is 604 g/mol. The standard InChI is InChI=1S/C35H46N4O6S/c1-23(34(42)36-30-19-25-11-12-26(30)17-25)16-32(40)31(18-24-8-3-2-4-9-24)37-35(43)27-20-28(38-13-7-10-33(38)41)22-29(21-27)39-14-5-6-15-46(39,44)45/h2-4,8-9,20-23,25-26,30-32,40H,5-7,10-19H2,1H3,(H,36,42)(H,37,43)/t23-,25?,26?,30?,31+,32+/m1/s1. The third kappa shape index (κ3) is 7.25. The van der Waals surface area contributed by atoms with Gasteiger partial charge < -0.3 is 20.6 Å². The number of sulfonamides is 1. The molecule has 248 valence electrons. The monoisotopic (exact) mass is 650 g/mol. The van der Waals surface area contributed by atoms with Crippen LogP contribution in [0.3, 0.4) is 0 Å². The molecule has 2 heterocycles. The molecule has 4 fully saturated rings. The maximum atomic E-state index is 13.9. The SMILES string of the molecule is C[C@H](C[C@H](O)[C@H](Cc1ccccc1)NC(=O)c1cc(N2CCCC2=O)cc(N2CCCCS2(=O)=O)c1)C(=O)NC1CC2CCC1C2. The fraction of sp³-hybridized carbons (Fsp3) is 0.571. The lowest BCUT2D eigenvalue weighted by Crippen LogP contribution is -2.47. The predicted molar refractivity (Wildman–Crippen MR) is 177 cm³/mol. The van der Waals surface area contributed by atoms with Gasteiger partial charge in [0.1, 0.15) is 0 Å². The van der Waals surface area contributed by atoms with Gasteiger partial charge in [-0.1, -0.05) is 43.7 Å². The Hall–Kier alpha value is -3.44. The van der Waals surface area contributed by atoms with E-state index in [1.807, 2.05) is 37.3 Å². The lowest BCUT2D eigenvalue weighted by molar-refractivity contribution is -0.126. The molecular formula is C35H46N4O6S. The van der Waals surface area contributed by atoms with Crippen LogP contribution in [-0.4, -0.2) is 68.3 Å². The molecule has 6 rings (SSSR count). The molecule has 6 atom stereocenters. The number of carbonyl (C=O) groups excluding carboxylic acids is 3. The highest BCUT2D eigenvalue weighted by Crippen LogP contribution is 2.44. The van der Waals surface area contributed by atoms with Gasteiger partial charge in [0.05, 0.1) is 23.6 Å². The summed E-state index contributed by atoms with van der Waals surface area (Å²) in [4.78, 5) is 41.4. The van der Waals surface area contributed by atoms with Gasteiger partial charge in [-0.25, -0.2) is 8.42 Å². The highest BCUT2D eigenvalue weighted by Gasteiger charge is 2.41. The highest BCUT2D eigenvalue weighted by atomic mass is 32.2. The van der Waals surface area contributed by atoms with Crippen LogP contribution in [0.1, 0.15) is 80.6 Å². The number of benzene rings is 2. The van der Waals surface area contributed by atoms with Crippen LogP contribution < -0.4 is 19.8 Å². The maximum absolute atomic E-state index is 13.9. The number of amides is 3. The summed E-state index contributed by atoms with van der Waals surface area (Å²) in [6.45, 7) is 2.61. The molecule has 2 saturated carbocycles. The minimum absolute atomic E-state index is 0.0283. The first kappa shape index (κ1) is 32.5. The number of fused-ring (bicyclic) bond motifs is 2. The molecule has 2 aromatic rings. The predicted octanol–water partition coefficient (Wildman–Crippen LogP) is 3.78. The van der Waals surface area contributed by atoms with Crippen molar-refractivity contribution < 1.29 is 27.9 Å². The summed E-state index contributed by atoms with van der Waals surface area (Å²) in [5.74, 6) is 0.206. The van der Waals surface area contributed by atoms with Gasteiger partial charge in [-0.3, -0.25) is 18.7 Å². The van der Waals surface area contributed by atoms with Crippen LogP contribution in [0.25, 0.3) is 0 Å². The van der Waals surface area contributed by atoms with Crippen LogP contribution >= 0.6 is 0 Å². The van der Waals surface area contributed by atoms with Gasteiger partial charge in [0.25, 0.3) is 5.91 Å². The quantitative estimate of drug-likeness (QED) is 0.339. The molecule has 2 bridgehead atoms. The Kier molecular flexibility index (Phi) is 9.70. The van der Waals surface area contributed by atoms with Crippen molar-refractivity contribution in [1.29, 1.82) is 0 Å². The third-order valence-electron chi connectivity index (χ3n) is 10.4. The minimum atomic E-state index is -3.56. The summed E-state index contributed by atoms with van der Waals surface area (Å²) < 4.78 is 27.4. The maximum Gasteiger partial charge on any atom is 0.251 e. The normalized spacial score (nSPS) is 25.7. The van der Waals surface area contributed by atoms with Crippen molar-refractivity contribution in [1.82, 2.24) is 10.6 Å². The summed E-state index contributed by atoms with van der Waals surface area (Å²) in [6, 6.07) is 13.9. The summed E-state index contributed by atoms with van der Waals surface area (Å²) >= 11 is 0. The van der Waals surface area contributed by atoms with E-state index in [2.05, 4.69) is 10.6 Å². The number of hydrogen-bond acceptors (Lipinski definition) is 6. The van der Waals surface area contributed by atoms with E-state index in [9.17, 15) is 27.9 Å². The number of hydrogen-bond donors (Lipinski definition) is 3. The van der Waals surface area contributed by atoms with Crippen LogP contribution in [0.4, 0.5) is 11.4 Å². The largest absolute Gasteiger partial charge is 0.391 e. The van der Waals surface area contributed by atoms with Gasteiger partial charge in [-0.2, -0.15) is 0 Å². The van der Waals surface area contributed by atoms with E-state index in [4.69, 9.17) is 0 Å². The van der Waals surface area contributed by atoms with Crippen molar-refractivity contribution in [3.8, 4) is 0 Å². The molecule has 3 unspecified atom stereocenters. The van der Waals surface area contributed by atoms with Crippen molar-refractivity contribution in [3.63, 3.8) is 0 Å². The number of aliphatic hydroxyl groups is 1. The molecule has 0 radical (unpaired) electrons. The van der Waals surface area contributed by atoms with Crippen molar-refractivity contribution in [2.45, 2.75) is 89.3 Å². The second kappa shape index (κ2) is 13.7. The zero-order valence-electron chi connectivity index (χ0n) is 26.6. The Morgan fingerprint density at radius 2 is 1.78 bits per heavy atom. The first-order valence-electron chi connectivity index (χ1n) is 16.9. The van der Waals surface area contributed by atoms with Gasteiger partial charge in [0.15, 0.2) is 0 Å². The van der Waals surface area contributed by atoms with Gasteiger partial charge in [0, 0.05) is 42.7 Å². The molecule has 3 amide bonds. The minimum Gasteiger partial charge on any atom is -0.391 e. The molecule has 2 aliphatic carbocycles. The van der Waals surface area contributed by atoms with E-state index in [1.165, 1.54) is 17.1 Å². The lowest BCUT2D eigenvalue weighted by atomic mass is 9.91. The Labute approximate surface area is 272 Å². The number of anilines is 2. The Bertz CT molecular complexity index is 1550. The molecule has 2 saturated heterocycles. The van der Waals surface area contributed by atoms with Crippen molar-refractivity contribution >= 4 is 39.1 Å². The van der Waals surface area contributed by atoms with Crippen molar-refractivity contribution in [2.24, 2.45) is 17.8 Å². The van der Waals surface area contributed by atoms with E-state index in [-0.39, 0.29) is 35.6 Å². The first-order valence-corrected chi connectivity index (χ1v) is 18.5. The average Bonchev–Trinajstić information content (AvgIpc) is 3.78. The van der Waals surface area contributed by atoms with Crippen LogP contribution in [0.5, 0.6) is 0 Å². The van der Waals surface area contributed by atoms with Crippen LogP contribution in [0.15, 0.2) is 48.5 Å². The average molecular weight is 651 g/mol. The summed E-state index contributed by atoms with van der Waals surface area (Å²) in [5.41, 5.74) is 1.97. The van der Waals surface area contributed by atoms with Gasteiger partial charge >= 0.3 is 0 Å². The summed E-state index contributed by atoms with van der Waals surface area (Å²) in [7, 11) is -3.56. The molecule has 4 aliphatic rings. The molecule has 2 aliphatic heterocycles. The number of aliphatic hydroxyl groups excluding tert-OH is 1. The fourth-order valence-corrected chi connectivity index (χ4v) is 9.43. The third-order valence-corrected chi connectivity index (χ3v) is 12.2. The van der Waals surface area contributed by atoms with Crippen LogP contribution in [0, 0.1) is 17.8 Å². The molecule has 10 nitrogen and oxygen atoms in total. The Balaban J connectivity index is 1.22. The van der Waals surface area contributed by atoms with E-state index in [0.717, 1.165) is 18.4 Å². The van der Waals surface area contributed by atoms with E-state index in [1.54, 1.807) is 23.1 Å². The number of nitrogens with one attached hydrogen (secondary N) is 2. The molecule has 2 aromatic carbocycles. The second-order valence-electron chi connectivity index (χ2n) is 13.7. The number of rotatable bonds is 11. The van der Waals surface area contributed by atoms with Gasteiger partial charge in [-0.05, 0) is 87.0 Å². The first-order chi connectivity index (χ1) is 22.1. The van der Waals surface area contributed by atoms with E-state index in [0.29, 0.717) is 68.4 Å². The molecule has 11 heteroatoms. The van der Waals surface area contributed by atoms with E-state index >= 15 is 0 Å². The van der Waals surface area contributed by atoms with Crippen molar-refractivity contribution in [3.05, 3.63) is 59.7 Å². The molecule has 0 aromatic heterocycles. The zero-order valence-corrected chi connectivity index (χ0v) is 27.4. The van der Waals surface area contributed by atoms with Gasteiger partial charge in [-0.15, -0.1) is 0 Å². The molecule has 3 N–H and O–H groups in total. The van der Waals surface area contributed by atoms with Crippen LogP contribution in [-0.2, 0) is 26.0 Å². The van der Waals surface area contributed by atoms with Crippen molar-refractivity contribution in [2.75, 3.05) is 28.0 Å². The molecule has 0 spiro atoms. The summed E-state index contributed by atoms with van der Waals surface area (Å²) in [6.07, 6.45) is 6.48. The second-order valence-corrected chi connectivity index (χ2v) is 15.8. The topological polar surface area (TPSA) is 136 Å². The summed E-state index contributed by atoms with van der Waals surface area (Å²) in [5, 5.41) is 17.7. The Morgan fingerprint density at radius 1 is 1.00 bits per heavy atom. The van der Waals surface area contributed by atoms with Gasteiger partial charge in [0.2, 0.25) is 21.8 Å². The molecule has 46 heavy (non-hydrogen) atoms. The number of carbonyl (C=O) groups is 3. The fourth-order valence-electron chi connectivity index (χ4n) is 7.81.